The Bertz CT molecular complexity index is 440. The first kappa shape index (κ1) is 13.8. The fourth-order valence-electron chi connectivity index (χ4n) is 1.54. The quantitative estimate of drug-likeness (QED) is 0.775. The summed E-state index contributed by atoms with van der Waals surface area (Å²) in [5.74, 6) is -0.159. The molecule has 18 heavy (non-hydrogen) atoms. The van der Waals surface area contributed by atoms with Gasteiger partial charge in [0, 0.05) is 25.2 Å². The Morgan fingerprint density at radius 1 is 1.50 bits per heavy atom. The number of hydrogen-bond acceptors (Lipinski definition) is 5. The molecule has 0 atom stereocenters. The van der Waals surface area contributed by atoms with Gasteiger partial charge in [-0.15, -0.1) is 0 Å². The lowest BCUT2D eigenvalue weighted by Gasteiger charge is -2.23. The summed E-state index contributed by atoms with van der Waals surface area (Å²) in [5, 5.41) is 18.0. The number of carbonyl (C=O) groups excluding carboxylic acids is 1. The van der Waals surface area contributed by atoms with Crippen molar-refractivity contribution in [3.8, 4) is 11.8 Å². The molecule has 0 heterocycles. The molecule has 5 nitrogen and oxygen atoms in total. The van der Waals surface area contributed by atoms with Gasteiger partial charge in [0.1, 0.15) is 12.4 Å². The van der Waals surface area contributed by atoms with Gasteiger partial charge in [-0.05, 0) is 12.1 Å². The van der Waals surface area contributed by atoms with Gasteiger partial charge in [-0.1, -0.05) is 6.07 Å². The SMILES string of the molecule is CC(=O)OCCN(CCC#N)c1cccc(O)c1. The van der Waals surface area contributed by atoms with Crippen molar-refractivity contribution >= 4 is 11.7 Å². The first-order valence-corrected chi connectivity index (χ1v) is 5.68. The van der Waals surface area contributed by atoms with Crippen LogP contribution in [0.5, 0.6) is 5.75 Å². The number of carbonyl (C=O) groups is 1. The van der Waals surface area contributed by atoms with Crippen LogP contribution in [0.1, 0.15) is 13.3 Å². The predicted octanol–water partition coefficient (Wildman–Crippen LogP) is 1.68. The van der Waals surface area contributed by atoms with E-state index >= 15 is 0 Å². The normalized spacial score (nSPS) is 9.56. The van der Waals surface area contributed by atoms with Gasteiger partial charge in [0.2, 0.25) is 0 Å². The molecule has 0 saturated heterocycles. The fraction of sp³-hybridized carbons (Fsp3) is 0.385. The van der Waals surface area contributed by atoms with Gasteiger partial charge in [-0.25, -0.2) is 0 Å². The third-order valence-electron chi connectivity index (χ3n) is 2.35. The largest absolute Gasteiger partial charge is 0.508 e. The lowest BCUT2D eigenvalue weighted by Crippen LogP contribution is -2.28. The minimum absolute atomic E-state index is 0.168. The number of aromatic hydroxyl groups is 1. The second-order valence-corrected chi connectivity index (χ2v) is 3.76. The molecule has 0 aliphatic heterocycles. The first-order valence-electron chi connectivity index (χ1n) is 5.68. The first-order chi connectivity index (χ1) is 8.63. The Morgan fingerprint density at radius 3 is 2.89 bits per heavy atom. The summed E-state index contributed by atoms with van der Waals surface area (Å²) in [4.78, 5) is 12.6. The van der Waals surface area contributed by atoms with Gasteiger partial charge < -0.3 is 14.7 Å². The molecule has 5 heteroatoms. The molecule has 1 aromatic rings. The maximum Gasteiger partial charge on any atom is 0.302 e. The number of phenolic OH excluding ortho intramolecular Hbond substituents is 1. The lowest BCUT2D eigenvalue weighted by molar-refractivity contribution is -0.140. The van der Waals surface area contributed by atoms with Crippen LogP contribution in [0.2, 0.25) is 0 Å². The van der Waals surface area contributed by atoms with Crippen LogP contribution in [0.15, 0.2) is 24.3 Å². The van der Waals surface area contributed by atoms with E-state index in [-0.39, 0.29) is 18.3 Å². The summed E-state index contributed by atoms with van der Waals surface area (Å²) in [6, 6.07) is 8.84. The number of phenols is 1. The average molecular weight is 248 g/mol. The van der Waals surface area contributed by atoms with Crippen LogP contribution in [-0.2, 0) is 9.53 Å². The van der Waals surface area contributed by atoms with Crippen LogP contribution in [0.4, 0.5) is 5.69 Å². The number of benzene rings is 1. The number of ether oxygens (including phenoxy) is 1. The summed E-state index contributed by atoms with van der Waals surface area (Å²) < 4.78 is 4.88. The van der Waals surface area contributed by atoms with Crippen molar-refractivity contribution in [2.24, 2.45) is 0 Å². The van der Waals surface area contributed by atoms with Gasteiger partial charge in [-0.2, -0.15) is 5.26 Å². The maximum absolute atomic E-state index is 10.7. The minimum Gasteiger partial charge on any atom is -0.508 e. The number of rotatable bonds is 6. The van der Waals surface area contributed by atoms with E-state index in [1.54, 1.807) is 18.2 Å². The van der Waals surface area contributed by atoms with Crippen LogP contribution in [0.3, 0.4) is 0 Å². The Morgan fingerprint density at radius 2 is 2.28 bits per heavy atom. The molecule has 0 fully saturated rings. The Kier molecular flexibility index (Phi) is 5.52. The number of nitrogens with zero attached hydrogens (tertiary/aromatic N) is 2. The van der Waals surface area contributed by atoms with Crippen LogP contribution >= 0.6 is 0 Å². The third-order valence-corrected chi connectivity index (χ3v) is 2.35. The molecule has 0 spiro atoms. The summed E-state index contributed by atoms with van der Waals surface area (Å²) in [6.07, 6.45) is 0.371. The zero-order chi connectivity index (χ0) is 13.4. The van der Waals surface area contributed by atoms with E-state index in [9.17, 15) is 9.90 Å². The fourth-order valence-corrected chi connectivity index (χ4v) is 1.54. The summed E-state index contributed by atoms with van der Waals surface area (Å²) in [7, 11) is 0. The van der Waals surface area contributed by atoms with Crippen molar-refractivity contribution in [3.05, 3.63) is 24.3 Å². The number of hydrogen-bond donors (Lipinski definition) is 1. The Labute approximate surface area is 106 Å². The summed E-state index contributed by atoms with van der Waals surface area (Å²) >= 11 is 0. The lowest BCUT2D eigenvalue weighted by atomic mass is 10.2. The second kappa shape index (κ2) is 7.17. The summed E-state index contributed by atoms with van der Waals surface area (Å²) in [6.45, 7) is 2.64. The van der Waals surface area contributed by atoms with Crippen LogP contribution in [0, 0.1) is 11.3 Å². The standard InChI is InChI=1S/C13H16N2O3/c1-11(16)18-9-8-15(7-3-6-14)12-4-2-5-13(17)10-12/h2,4-5,10,17H,3,7-9H2,1H3. The molecule has 1 N–H and O–H groups in total. The topological polar surface area (TPSA) is 73.6 Å². The molecule has 0 aliphatic rings. The van der Waals surface area contributed by atoms with Gasteiger partial charge in [-0.3, -0.25) is 4.79 Å². The smallest absolute Gasteiger partial charge is 0.302 e. The van der Waals surface area contributed by atoms with Crippen molar-refractivity contribution < 1.29 is 14.6 Å². The molecule has 96 valence electrons. The predicted molar refractivity (Wildman–Crippen MR) is 67.2 cm³/mol. The average Bonchev–Trinajstić information content (AvgIpc) is 2.33. The molecule has 0 aromatic heterocycles. The highest BCUT2D eigenvalue weighted by atomic mass is 16.5. The molecule has 1 rings (SSSR count). The van der Waals surface area contributed by atoms with E-state index in [2.05, 4.69) is 6.07 Å². The van der Waals surface area contributed by atoms with Crippen molar-refractivity contribution in [3.63, 3.8) is 0 Å². The zero-order valence-electron chi connectivity index (χ0n) is 10.3. The van der Waals surface area contributed by atoms with Gasteiger partial charge in [0.05, 0.1) is 19.0 Å². The van der Waals surface area contributed by atoms with Gasteiger partial charge in [0.15, 0.2) is 0 Å². The number of nitriles is 1. The van der Waals surface area contributed by atoms with E-state index in [0.29, 0.717) is 19.5 Å². The van der Waals surface area contributed by atoms with Crippen molar-refractivity contribution in [2.75, 3.05) is 24.6 Å². The van der Waals surface area contributed by atoms with E-state index in [1.807, 2.05) is 11.0 Å². The monoisotopic (exact) mass is 248 g/mol. The van der Waals surface area contributed by atoms with Crippen molar-refractivity contribution in [1.29, 1.82) is 5.26 Å². The highest BCUT2D eigenvalue weighted by Gasteiger charge is 2.07. The van der Waals surface area contributed by atoms with E-state index in [4.69, 9.17) is 10.00 Å². The number of esters is 1. The van der Waals surface area contributed by atoms with E-state index in [1.165, 1.54) is 6.92 Å². The molecular weight excluding hydrogens is 232 g/mol. The molecule has 0 radical (unpaired) electrons. The third kappa shape index (κ3) is 4.74. The molecule has 1 aromatic carbocycles. The summed E-state index contributed by atoms with van der Waals surface area (Å²) in [5.41, 5.74) is 0.803. The van der Waals surface area contributed by atoms with Crippen molar-refractivity contribution in [2.45, 2.75) is 13.3 Å². The molecular formula is C13H16N2O3. The maximum atomic E-state index is 10.7. The Hall–Kier alpha value is -2.22. The molecule has 0 amide bonds. The Balaban J connectivity index is 2.65. The van der Waals surface area contributed by atoms with Gasteiger partial charge in [0.25, 0.3) is 0 Å². The molecule has 0 unspecified atom stereocenters. The molecule has 0 saturated carbocycles. The highest BCUT2D eigenvalue weighted by Crippen LogP contribution is 2.20. The minimum atomic E-state index is -0.328. The van der Waals surface area contributed by atoms with E-state index < -0.39 is 0 Å². The van der Waals surface area contributed by atoms with Gasteiger partial charge >= 0.3 is 5.97 Å². The zero-order valence-corrected chi connectivity index (χ0v) is 10.3. The van der Waals surface area contributed by atoms with Crippen LogP contribution in [-0.4, -0.2) is 30.8 Å². The molecule has 0 aliphatic carbocycles. The van der Waals surface area contributed by atoms with E-state index in [0.717, 1.165) is 5.69 Å². The molecule has 0 bridgehead atoms. The highest BCUT2D eigenvalue weighted by molar-refractivity contribution is 5.65. The van der Waals surface area contributed by atoms with Crippen molar-refractivity contribution in [1.82, 2.24) is 0 Å². The number of anilines is 1. The second-order valence-electron chi connectivity index (χ2n) is 3.76. The van der Waals surface area contributed by atoms with Crippen LogP contribution in [0.25, 0.3) is 0 Å². The van der Waals surface area contributed by atoms with Crippen LogP contribution < -0.4 is 4.90 Å².